The highest BCUT2D eigenvalue weighted by Gasteiger charge is 2.21. The van der Waals surface area contributed by atoms with Crippen molar-refractivity contribution >= 4 is 15.7 Å². The zero-order chi connectivity index (χ0) is 16.3. The maximum Gasteiger partial charge on any atom is 0.250 e. The van der Waals surface area contributed by atoms with E-state index >= 15 is 0 Å². The van der Waals surface area contributed by atoms with Crippen LogP contribution in [0.5, 0.6) is 0 Å². The fourth-order valence-electron chi connectivity index (χ4n) is 1.98. The van der Waals surface area contributed by atoms with Gasteiger partial charge in [-0.05, 0) is 37.0 Å². The molecule has 0 amide bonds. The summed E-state index contributed by atoms with van der Waals surface area (Å²) in [6.45, 7) is 0.720. The lowest BCUT2D eigenvalue weighted by molar-refractivity contribution is 0.138. The maximum atomic E-state index is 14.0. The summed E-state index contributed by atoms with van der Waals surface area (Å²) in [4.78, 5) is 0. The minimum atomic E-state index is -3.59. The fourth-order valence-corrected chi connectivity index (χ4v) is 2.90. The van der Waals surface area contributed by atoms with Crippen molar-refractivity contribution in [2.24, 2.45) is 5.92 Å². The predicted molar refractivity (Wildman–Crippen MR) is 80.6 cm³/mol. The molecule has 1 N–H and O–H groups in total. The fraction of sp³-hybridized carbons (Fsp3) is 0.429. The zero-order valence-electron chi connectivity index (χ0n) is 12.2. The van der Waals surface area contributed by atoms with Crippen LogP contribution in [0.15, 0.2) is 29.0 Å². The number of hydrogen-bond donors (Lipinski definition) is 1. The number of aromatic nitrogens is 2. The van der Waals surface area contributed by atoms with Crippen LogP contribution in [0.3, 0.4) is 0 Å². The van der Waals surface area contributed by atoms with Crippen molar-refractivity contribution in [1.82, 2.24) is 10.2 Å². The lowest BCUT2D eigenvalue weighted by Gasteiger charge is -2.09. The number of nitrogens with one attached hydrogen (secondary N) is 1. The Morgan fingerprint density at radius 2 is 2.22 bits per heavy atom. The molecular weight excluding hydrogens is 325 g/mol. The van der Waals surface area contributed by atoms with Crippen molar-refractivity contribution in [1.29, 1.82) is 0 Å². The summed E-state index contributed by atoms with van der Waals surface area (Å²) in [5.41, 5.74) is 0.242. The SMILES string of the molecule is O=S(=O)(CCOCC1CC1)Nc1ccc(-c2nnco2)c(F)c1. The van der Waals surface area contributed by atoms with Gasteiger partial charge in [0.25, 0.3) is 0 Å². The van der Waals surface area contributed by atoms with E-state index in [4.69, 9.17) is 9.15 Å². The third kappa shape index (κ3) is 4.49. The minimum Gasteiger partial charge on any atom is -0.423 e. The molecule has 0 unspecified atom stereocenters. The first-order valence-corrected chi connectivity index (χ1v) is 8.83. The van der Waals surface area contributed by atoms with Gasteiger partial charge in [-0.15, -0.1) is 10.2 Å². The number of ether oxygens (including phenoxy) is 1. The Hall–Kier alpha value is -2.00. The Morgan fingerprint density at radius 3 is 2.87 bits per heavy atom. The average molecular weight is 341 g/mol. The van der Waals surface area contributed by atoms with Crippen LogP contribution >= 0.6 is 0 Å². The Labute approximate surface area is 132 Å². The molecule has 0 saturated heterocycles. The van der Waals surface area contributed by atoms with E-state index < -0.39 is 15.8 Å². The molecule has 1 fully saturated rings. The number of rotatable bonds is 8. The number of hydrogen-bond acceptors (Lipinski definition) is 6. The molecule has 9 heteroatoms. The van der Waals surface area contributed by atoms with Crippen molar-refractivity contribution < 1.29 is 22.0 Å². The van der Waals surface area contributed by atoms with Gasteiger partial charge >= 0.3 is 0 Å². The summed E-state index contributed by atoms with van der Waals surface area (Å²) >= 11 is 0. The van der Waals surface area contributed by atoms with Gasteiger partial charge in [0.1, 0.15) is 5.82 Å². The number of sulfonamides is 1. The van der Waals surface area contributed by atoms with Crippen LogP contribution in [-0.4, -0.2) is 37.6 Å². The minimum absolute atomic E-state index is 0.0328. The summed E-state index contributed by atoms with van der Waals surface area (Å²) in [5, 5.41) is 7.08. The first-order valence-electron chi connectivity index (χ1n) is 7.18. The van der Waals surface area contributed by atoms with Crippen molar-refractivity contribution in [3.8, 4) is 11.5 Å². The molecule has 1 aromatic heterocycles. The van der Waals surface area contributed by atoms with Crippen LogP contribution in [0.2, 0.25) is 0 Å². The third-order valence-electron chi connectivity index (χ3n) is 3.38. The molecule has 0 bridgehead atoms. The van der Waals surface area contributed by atoms with E-state index in [0.29, 0.717) is 12.5 Å². The topological polar surface area (TPSA) is 94.3 Å². The van der Waals surface area contributed by atoms with Crippen LogP contribution in [0.1, 0.15) is 12.8 Å². The van der Waals surface area contributed by atoms with Crippen molar-refractivity contribution in [2.45, 2.75) is 12.8 Å². The second kappa shape index (κ2) is 6.63. The first-order chi connectivity index (χ1) is 11.0. The Kier molecular flexibility index (Phi) is 4.58. The molecule has 2 aromatic rings. The predicted octanol–water partition coefficient (Wildman–Crippen LogP) is 2.04. The monoisotopic (exact) mass is 341 g/mol. The van der Waals surface area contributed by atoms with Crippen LogP contribution in [0, 0.1) is 11.7 Å². The molecule has 0 atom stereocenters. The summed E-state index contributed by atoms with van der Waals surface area (Å²) in [6.07, 6.45) is 3.39. The van der Waals surface area contributed by atoms with Gasteiger partial charge in [-0.25, -0.2) is 12.8 Å². The summed E-state index contributed by atoms with van der Waals surface area (Å²) in [5.74, 6) is -0.214. The highest BCUT2D eigenvalue weighted by Crippen LogP contribution is 2.28. The van der Waals surface area contributed by atoms with Gasteiger partial charge in [-0.2, -0.15) is 0 Å². The maximum absolute atomic E-state index is 14.0. The Bertz CT molecular complexity index is 760. The molecule has 1 saturated carbocycles. The molecule has 3 rings (SSSR count). The zero-order valence-corrected chi connectivity index (χ0v) is 13.1. The molecular formula is C14H16FN3O4S. The number of halogens is 1. The van der Waals surface area contributed by atoms with E-state index in [9.17, 15) is 12.8 Å². The number of anilines is 1. The molecule has 1 aliphatic carbocycles. The van der Waals surface area contributed by atoms with E-state index in [0.717, 1.165) is 25.3 Å². The second-order valence-electron chi connectivity index (χ2n) is 5.38. The quantitative estimate of drug-likeness (QED) is 0.739. The van der Waals surface area contributed by atoms with E-state index in [2.05, 4.69) is 14.9 Å². The molecule has 0 radical (unpaired) electrons. The second-order valence-corrected chi connectivity index (χ2v) is 7.22. The first kappa shape index (κ1) is 15.9. The van der Waals surface area contributed by atoms with E-state index in [-0.39, 0.29) is 29.5 Å². The van der Waals surface area contributed by atoms with Gasteiger partial charge in [0.05, 0.1) is 23.6 Å². The molecule has 1 aromatic carbocycles. The largest absolute Gasteiger partial charge is 0.423 e. The third-order valence-corrected chi connectivity index (χ3v) is 4.63. The van der Waals surface area contributed by atoms with E-state index in [1.807, 2.05) is 0 Å². The van der Waals surface area contributed by atoms with Crippen LogP contribution in [0.25, 0.3) is 11.5 Å². The van der Waals surface area contributed by atoms with Gasteiger partial charge in [0.2, 0.25) is 22.3 Å². The van der Waals surface area contributed by atoms with Crippen molar-refractivity contribution in [3.63, 3.8) is 0 Å². The van der Waals surface area contributed by atoms with Crippen LogP contribution in [0.4, 0.5) is 10.1 Å². The highest BCUT2D eigenvalue weighted by molar-refractivity contribution is 7.92. The van der Waals surface area contributed by atoms with Crippen molar-refractivity contribution in [3.05, 3.63) is 30.4 Å². The normalized spacial score (nSPS) is 14.8. The highest BCUT2D eigenvalue weighted by atomic mass is 32.2. The van der Waals surface area contributed by atoms with Crippen LogP contribution < -0.4 is 4.72 Å². The summed E-state index contributed by atoms with van der Waals surface area (Å²) in [7, 11) is -3.59. The lowest BCUT2D eigenvalue weighted by atomic mass is 10.2. The Morgan fingerprint density at radius 1 is 1.39 bits per heavy atom. The number of benzene rings is 1. The van der Waals surface area contributed by atoms with Crippen LogP contribution in [-0.2, 0) is 14.8 Å². The summed E-state index contributed by atoms with van der Waals surface area (Å²) < 4.78 is 50.4. The molecule has 1 aliphatic rings. The van der Waals surface area contributed by atoms with E-state index in [1.54, 1.807) is 0 Å². The average Bonchev–Trinajstić information content (AvgIpc) is 3.16. The van der Waals surface area contributed by atoms with Gasteiger partial charge in [-0.3, -0.25) is 4.72 Å². The Balaban J connectivity index is 1.59. The van der Waals surface area contributed by atoms with Gasteiger partial charge in [0.15, 0.2) is 0 Å². The standard InChI is InChI=1S/C14H16FN3O4S/c15-13-7-11(3-4-12(13)14-17-16-9-22-14)18-23(19,20)6-5-21-8-10-1-2-10/h3-4,7,9-10,18H,1-2,5-6,8H2. The lowest BCUT2D eigenvalue weighted by Crippen LogP contribution is -2.20. The van der Waals surface area contributed by atoms with Crippen molar-refractivity contribution in [2.75, 3.05) is 23.7 Å². The molecule has 23 heavy (non-hydrogen) atoms. The summed E-state index contributed by atoms with van der Waals surface area (Å²) in [6, 6.07) is 3.89. The van der Waals surface area contributed by atoms with Gasteiger partial charge in [0, 0.05) is 6.61 Å². The van der Waals surface area contributed by atoms with E-state index in [1.165, 1.54) is 12.1 Å². The smallest absolute Gasteiger partial charge is 0.250 e. The molecule has 1 heterocycles. The molecule has 0 spiro atoms. The molecule has 0 aliphatic heterocycles. The van der Waals surface area contributed by atoms with Gasteiger partial charge < -0.3 is 9.15 Å². The molecule has 124 valence electrons. The molecule has 7 nitrogen and oxygen atoms in total. The number of nitrogens with zero attached hydrogens (tertiary/aromatic N) is 2. The van der Waals surface area contributed by atoms with Gasteiger partial charge in [-0.1, -0.05) is 0 Å².